The summed E-state index contributed by atoms with van der Waals surface area (Å²) in [6.45, 7) is 1.75. The fourth-order valence-electron chi connectivity index (χ4n) is 3.55. The summed E-state index contributed by atoms with van der Waals surface area (Å²) in [4.78, 5) is 39.3. The fourth-order valence-corrected chi connectivity index (χ4v) is 3.55. The van der Waals surface area contributed by atoms with Crippen molar-refractivity contribution in [2.24, 2.45) is 7.05 Å². The normalized spacial score (nSPS) is 11.2. The standard InChI is InChI=1S/C27H24N4O3/c1-19-24(27(34)31(30(19)2)22-16-10-5-11-17-22)29-26(33)23(18-20-12-6-3-7-13-20)28-25(32)21-14-8-4-9-15-21/h3-18H,1-2H3,(H,28,32)(H,29,33)/b23-18-. The lowest BCUT2D eigenvalue weighted by Crippen LogP contribution is -2.32. The van der Waals surface area contributed by atoms with Gasteiger partial charge in [-0.2, -0.15) is 0 Å². The number of nitrogens with one attached hydrogen (secondary N) is 2. The minimum atomic E-state index is -0.598. The lowest BCUT2D eigenvalue weighted by atomic mass is 10.1. The SMILES string of the molecule is Cc1c(NC(=O)/C(=C/c2ccccc2)NC(=O)c2ccccc2)c(=O)n(-c2ccccc2)n1C. The first kappa shape index (κ1) is 22.5. The van der Waals surface area contributed by atoms with Crippen LogP contribution in [0.4, 0.5) is 5.69 Å². The predicted molar refractivity (Wildman–Crippen MR) is 133 cm³/mol. The first-order chi connectivity index (χ1) is 16.5. The molecule has 170 valence electrons. The highest BCUT2D eigenvalue weighted by molar-refractivity contribution is 6.10. The zero-order valence-electron chi connectivity index (χ0n) is 18.9. The number of carbonyl (C=O) groups excluding carboxylic acids is 2. The highest BCUT2D eigenvalue weighted by Crippen LogP contribution is 2.15. The van der Waals surface area contributed by atoms with Gasteiger partial charge in [-0.3, -0.25) is 19.1 Å². The van der Waals surface area contributed by atoms with Gasteiger partial charge < -0.3 is 10.6 Å². The molecule has 0 spiro atoms. The van der Waals surface area contributed by atoms with Gasteiger partial charge in [0.15, 0.2) is 0 Å². The monoisotopic (exact) mass is 452 g/mol. The number of nitrogens with zero attached hydrogens (tertiary/aromatic N) is 2. The van der Waals surface area contributed by atoms with Crippen LogP contribution in [0.3, 0.4) is 0 Å². The maximum atomic E-state index is 13.3. The number of carbonyl (C=O) groups is 2. The quantitative estimate of drug-likeness (QED) is 0.435. The van der Waals surface area contributed by atoms with Gasteiger partial charge in [-0.15, -0.1) is 0 Å². The highest BCUT2D eigenvalue weighted by Gasteiger charge is 2.21. The van der Waals surface area contributed by atoms with E-state index in [1.54, 1.807) is 55.1 Å². The Morgan fingerprint density at radius 1 is 0.824 bits per heavy atom. The Bertz CT molecular complexity index is 1400. The number of amides is 2. The van der Waals surface area contributed by atoms with Crippen molar-refractivity contribution in [2.75, 3.05) is 5.32 Å². The minimum Gasteiger partial charge on any atom is -0.317 e. The van der Waals surface area contributed by atoms with Crippen molar-refractivity contribution in [3.63, 3.8) is 0 Å². The molecule has 0 saturated carbocycles. The van der Waals surface area contributed by atoms with Crippen molar-refractivity contribution in [3.05, 3.63) is 124 Å². The zero-order valence-corrected chi connectivity index (χ0v) is 18.9. The van der Waals surface area contributed by atoms with Crippen molar-refractivity contribution in [1.29, 1.82) is 0 Å². The molecule has 4 aromatic rings. The molecule has 0 unspecified atom stereocenters. The van der Waals surface area contributed by atoms with Gasteiger partial charge in [0, 0.05) is 12.6 Å². The summed E-state index contributed by atoms with van der Waals surface area (Å²) >= 11 is 0. The van der Waals surface area contributed by atoms with Gasteiger partial charge in [0.2, 0.25) is 0 Å². The number of aromatic nitrogens is 2. The molecule has 2 amide bonds. The van der Waals surface area contributed by atoms with Gasteiger partial charge in [0.05, 0.1) is 11.4 Å². The Kier molecular flexibility index (Phi) is 6.54. The zero-order chi connectivity index (χ0) is 24.1. The summed E-state index contributed by atoms with van der Waals surface area (Å²) in [5.41, 5.74) is 2.20. The summed E-state index contributed by atoms with van der Waals surface area (Å²) in [5, 5.41) is 5.40. The van der Waals surface area contributed by atoms with Crippen molar-refractivity contribution >= 4 is 23.6 Å². The number of rotatable bonds is 6. The Labute approximate surface area is 197 Å². The number of para-hydroxylation sites is 1. The van der Waals surface area contributed by atoms with E-state index >= 15 is 0 Å². The second-order valence-electron chi connectivity index (χ2n) is 7.68. The molecule has 0 fully saturated rings. The molecule has 0 bridgehead atoms. The molecule has 1 heterocycles. The summed E-state index contributed by atoms with van der Waals surface area (Å²) < 4.78 is 3.16. The lowest BCUT2D eigenvalue weighted by Gasteiger charge is -2.11. The molecule has 4 rings (SSSR count). The van der Waals surface area contributed by atoms with E-state index < -0.39 is 11.8 Å². The van der Waals surface area contributed by atoms with Crippen molar-refractivity contribution in [2.45, 2.75) is 6.92 Å². The van der Waals surface area contributed by atoms with Crippen LogP contribution in [0.1, 0.15) is 21.6 Å². The third-order valence-corrected chi connectivity index (χ3v) is 5.43. The molecular formula is C27H24N4O3. The molecule has 1 aromatic heterocycles. The van der Waals surface area contributed by atoms with Crippen LogP contribution in [0.2, 0.25) is 0 Å². The summed E-state index contributed by atoms with van der Waals surface area (Å²) in [5.74, 6) is -1.02. The molecule has 3 aromatic carbocycles. The molecule has 0 aliphatic heterocycles. The Hall–Kier alpha value is -4.65. The first-order valence-electron chi connectivity index (χ1n) is 10.7. The van der Waals surface area contributed by atoms with Crippen molar-refractivity contribution in [3.8, 4) is 5.69 Å². The molecule has 0 radical (unpaired) electrons. The van der Waals surface area contributed by atoms with Gasteiger partial charge in [0.25, 0.3) is 17.4 Å². The lowest BCUT2D eigenvalue weighted by molar-refractivity contribution is -0.113. The van der Waals surface area contributed by atoms with Gasteiger partial charge in [0.1, 0.15) is 11.4 Å². The largest absolute Gasteiger partial charge is 0.317 e. The molecule has 2 N–H and O–H groups in total. The summed E-state index contributed by atoms with van der Waals surface area (Å²) in [7, 11) is 1.75. The second-order valence-corrected chi connectivity index (χ2v) is 7.68. The number of benzene rings is 3. The van der Waals surface area contributed by atoms with Crippen LogP contribution in [0.25, 0.3) is 11.8 Å². The van der Waals surface area contributed by atoms with E-state index in [4.69, 9.17) is 0 Å². The molecule has 0 saturated heterocycles. The number of anilines is 1. The van der Waals surface area contributed by atoms with Crippen LogP contribution in [0.5, 0.6) is 0 Å². The average Bonchev–Trinajstić information content (AvgIpc) is 3.08. The Balaban J connectivity index is 1.68. The average molecular weight is 453 g/mol. The number of hydrogen-bond acceptors (Lipinski definition) is 3. The van der Waals surface area contributed by atoms with E-state index in [2.05, 4.69) is 10.6 Å². The van der Waals surface area contributed by atoms with E-state index in [1.807, 2.05) is 60.7 Å². The Morgan fingerprint density at radius 2 is 1.38 bits per heavy atom. The molecule has 0 aliphatic carbocycles. The van der Waals surface area contributed by atoms with Gasteiger partial charge in [-0.05, 0) is 42.8 Å². The third kappa shape index (κ3) is 4.73. The third-order valence-electron chi connectivity index (χ3n) is 5.43. The van der Waals surface area contributed by atoms with E-state index in [0.717, 1.165) is 5.56 Å². The van der Waals surface area contributed by atoms with Crippen LogP contribution >= 0.6 is 0 Å². The fraction of sp³-hybridized carbons (Fsp3) is 0.0741. The van der Waals surface area contributed by atoms with Crippen LogP contribution in [-0.2, 0) is 11.8 Å². The molecule has 7 nitrogen and oxygen atoms in total. The van der Waals surface area contributed by atoms with Crippen LogP contribution in [0.15, 0.2) is 101 Å². The molecule has 0 atom stereocenters. The van der Waals surface area contributed by atoms with Crippen LogP contribution in [-0.4, -0.2) is 21.2 Å². The maximum Gasteiger partial charge on any atom is 0.295 e. The number of hydrogen-bond donors (Lipinski definition) is 2. The van der Waals surface area contributed by atoms with Gasteiger partial charge in [-0.1, -0.05) is 66.7 Å². The first-order valence-corrected chi connectivity index (χ1v) is 10.7. The molecule has 7 heteroatoms. The molecule has 34 heavy (non-hydrogen) atoms. The molecular weight excluding hydrogens is 428 g/mol. The van der Waals surface area contributed by atoms with Crippen LogP contribution in [0, 0.1) is 6.92 Å². The smallest absolute Gasteiger partial charge is 0.295 e. The summed E-state index contributed by atoms with van der Waals surface area (Å²) in [6, 6.07) is 26.9. The minimum absolute atomic E-state index is 0.0222. The predicted octanol–water partition coefficient (Wildman–Crippen LogP) is 3.89. The Morgan fingerprint density at radius 3 is 2.00 bits per heavy atom. The van der Waals surface area contributed by atoms with Crippen LogP contribution < -0.4 is 16.2 Å². The van der Waals surface area contributed by atoms with Crippen molar-refractivity contribution in [1.82, 2.24) is 14.7 Å². The van der Waals surface area contributed by atoms with Gasteiger partial charge in [-0.25, -0.2) is 4.68 Å². The second kappa shape index (κ2) is 9.87. The van der Waals surface area contributed by atoms with E-state index in [1.165, 1.54) is 4.68 Å². The van der Waals surface area contributed by atoms with E-state index in [-0.39, 0.29) is 16.9 Å². The van der Waals surface area contributed by atoms with E-state index in [0.29, 0.717) is 16.9 Å². The topological polar surface area (TPSA) is 85.1 Å². The summed E-state index contributed by atoms with van der Waals surface area (Å²) in [6.07, 6.45) is 1.57. The van der Waals surface area contributed by atoms with E-state index in [9.17, 15) is 14.4 Å². The maximum absolute atomic E-state index is 13.3. The highest BCUT2D eigenvalue weighted by atomic mass is 16.2. The van der Waals surface area contributed by atoms with Crippen molar-refractivity contribution < 1.29 is 9.59 Å². The molecule has 0 aliphatic rings. The van der Waals surface area contributed by atoms with Gasteiger partial charge >= 0.3 is 0 Å².